The Kier molecular flexibility index (Phi) is 6.78. The van der Waals surface area contributed by atoms with Gasteiger partial charge in [0.05, 0.1) is 12.8 Å². The molecular formula is C22H21F2N5O3S. The van der Waals surface area contributed by atoms with Gasteiger partial charge in [0.1, 0.15) is 22.4 Å². The van der Waals surface area contributed by atoms with Crippen LogP contribution >= 0.6 is 11.3 Å². The van der Waals surface area contributed by atoms with Gasteiger partial charge in [0.2, 0.25) is 5.01 Å². The van der Waals surface area contributed by atoms with Crippen molar-refractivity contribution in [2.24, 2.45) is 0 Å². The molecule has 2 heterocycles. The van der Waals surface area contributed by atoms with E-state index in [1.54, 1.807) is 36.3 Å². The van der Waals surface area contributed by atoms with Crippen molar-refractivity contribution in [2.75, 3.05) is 30.8 Å². The molecule has 1 aromatic heterocycles. The van der Waals surface area contributed by atoms with Crippen LogP contribution in [-0.2, 0) is 0 Å². The lowest BCUT2D eigenvalue weighted by molar-refractivity contribution is 0.102. The molecule has 1 aliphatic heterocycles. The summed E-state index contributed by atoms with van der Waals surface area (Å²) in [7, 11) is 1.56. The summed E-state index contributed by atoms with van der Waals surface area (Å²) < 4.78 is 32.0. The van der Waals surface area contributed by atoms with Crippen LogP contribution in [0.1, 0.15) is 33.6 Å². The maximum atomic E-state index is 13.9. The highest BCUT2D eigenvalue weighted by Crippen LogP contribution is 2.30. The van der Waals surface area contributed by atoms with Gasteiger partial charge in [0.15, 0.2) is 0 Å². The van der Waals surface area contributed by atoms with E-state index >= 15 is 0 Å². The first-order valence-electron chi connectivity index (χ1n) is 10.2. The SMILES string of the molecule is COc1ccc(NC(=O)c2nnc(C3CCCN(C(=O)Nc4ccc(F)cc4F)C3)s2)cc1. The number of halogens is 2. The summed E-state index contributed by atoms with van der Waals surface area (Å²) in [6.45, 7) is 0.845. The highest BCUT2D eigenvalue weighted by atomic mass is 32.1. The van der Waals surface area contributed by atoms with E-state index in [1.807, 2.05) is 0 Å². The van der Waals surface area contributed by atoms with Crippen LogP contribution in [0, 0.1) is 11.6 Å². The van der Waals surface area contributed by atoms with Gasteiger partial charge in [-0.25, -0.2) is 13.6 Å². The van der Waals surface area contributed by atoms with Gasteiger partial charge in [-0.15, -0.1) is 10.2 Å². The smallest absolute Gasteiger partial charge is 0.321 e. The maximum Gasteiger partial charge on any atom is 0.321 e. The van der Waals surface area contributed by atoms with Crippen LogP contribution in [0.2, 0.25) is 0 Å². The van der Waals surface area contributed by atoms with E-state index in [4.69, 9.17) is 4.74 Å². The quantitative estimate of drug-likeness (QED) is 0.569. The first-order valence-corrected chi connectivity index (χ1v) is 11.0. The number of rotatable bonds is 5. The minimum absolute atomic E-state index is 0.0862. The summed E-state index contributed by atoms with van der Waals surface area (Å²) >= 11 is 1.18. The molecule has 1 fully saturated rings. The second-order valence-electron chi connectivity index (χ2n) is 7.47. The van der Waals surface area contributed by atoms with E-state index in [0.29, 0.717) is 35.6 Å². The molecule has 1 aliphatic rings. The average molecular weight is 474 g/mol. The van der Waals surface area contributed by atoms with Gasteiger partial charge < -0.3 is 20.3 Å². The van der Waals surface area contributed by atoms with Crippen molar-refractivity contribution in [3.05, 3.63) is 64.1 Å². The number of piperidine rings is 1. The lowest BCUT2D eigenvalue weighted by Gasteiger charge is -2.31. The molecule has 3 aromatic rings. The van der Waals surface area contributed by atoms with Gasteiger partial charge in [0, 0.05) is 30.8 Å². The molecule has 11 heteroatoms. The number of hydrogen-bond acceptors (Lipinski definition) is 6. The summed E-state index contributed by atoms with van der Waals surface area (Å²) in [6, 6.07) is 9.42. The molecule has 1 unspecified atom stereocenters. The molecule has 33 heavy (non-hydrogen) atoms. The summed E-state index contributed by atoms with van der Waals surface area (Å²) in [6.07, 6.45) is 1.50. The predicted molar refractivity (Wildman–Crippen MR) is 120 cm³/mol. The number of carbonyl (C=O) groups excluding carboxylic acids is 2. The monoisotopic (exact) mass is 473 g/mol. The number of carbonyl (C=O) groups is 2. The Morgan fingerprint density at radius 1 is 1.12 bits per heavy atom. The molecule has 172 valence electrons. The minimum atomic E-state index is -0.839. The molecular weight excluding hydrogens is 452 g/mol. The normalized spacial score (nSPS) is 15.7. The second kappa shape index (κ2) is 9.90. The summed E-state index contributed by atoms with van der Waals surface area (Å²) in [5, 5.41) is 14.3. The van der Waals surface area contributed by atoms with E-state index in [1.165, 1.54) is 17.4 Å². The number of methoxy groups -OCH3 is 1. The first-order chi connectivity index (χ1) is 15.9. The third-order valence-electron chi connectivity index (χ3n) is 5.21. The Balaban J connectivity index is 1.38. The Bertz CT molecular complexity index is 1160. The van der Waals surface area contributed by atoms with Crippen LogP contribution < -0.4 is 15.4 Å². The van der Waals surface area contributed by atoms with Crippen LogP contribution in [0.3, 0.4) is 0 Å². The van der Waals surface area contributed by atoms with Crippen molar-refractivity contribution in [3.63, 3.8) is 0 Å². The van der Waals surface area contributed by atoms with Crippen molar-refractivity contribution < 1.29 is 23.1 Å². The molecule has 0 saturated carbocycles. The summed E-state index contributed by atoms with van der Waals surface area (Å²) in [5.74, 6) is -1.34. The number of hydrogen-bond donors (Lipinski definition) is 2. The number of anilines is 2. The first kappa shape index (κ1) is 22.6. The number of likely N-dealkylation sites (tertiary alicyclic amines) is 1. The van der Waals surface area contributed by atoms with E-state index in [0.717, 1.165) is 18.9 Å². The topological polar surface area (TPSA) is 96.4 Å². The van der Waals surface area contributed by atoms with Gasteiger partial charge in [-0.05, 0) is 49.2 Å². The van der Waals surface area contributed by atoms with E-state index in [2.05, 4.69) is 20.8 Å². The van der Waals surface area contributed by atoms with Crippen molar-refractivity contribution >= 4 is 34.6 Å². The fraction of sp³-hybridized carbons (Fsp3) is 0.273. The fourth-order valence-electron chi connectivity index (χ4n) is 3.50. The molecule has 4 rings (SSSR count). The number of aromatic nitrogens is 2. The van der Waals surface area contributed by atoms with Gasteiger partial charge in [-0.1, -0.05) is 11.3 Å². The van der Waals surface area contributed by atoms with Crippen LogP contribution in [0.5, 0.6) is 5.75 Å². The zero-order valence-electron chi connectivity index (χ0n) is 17.7. The zero-order chi connectivity index (χ0) is 23.4. The zero-order valence-corrected chi connectivity index (χ0v) is 18.5. The molecule has 8 nitrogen and oxygen atoms in total. The molecule has 0 aliphatic carbocycles. The van der Waals surface area contributed by atoms with Gasteiger partial charge in [-0.2, -0.15) is 0 Å². The van der Waals surface area contributed by atoms with E-state index in [-0.39, 0.29) is 22.5 Å². The molecule has 1 atom stereocenters. The van der Waals surface area contributed by atoms with Gasteiger partial charge >= 0.3 is 6.03 Å². The third-order valence-corrected chi connectivity index (χ3v) is 6.30. The van der Waals surface area contributed by atoms with E-state index in [9.17, 15) is 18.4 Å². The van der Waals surface area contributed by atoms with Crippen LogP contribution in [0.4, 0.5) is 25.0 Å². The average Bonchev–Trinajstić information content (AvgIpc) is 3.32. The highest BCUT2D eigenvalue weighted by molar-refractivity contribution is 7.13. The summed E-state index contributed by atoms with van der Waals surface area (Å²) in [5.41, 5.74) is 0.517. The molecule has 3 amide bonds. The number of ether oxygens (including phenoxy) is 1. The Hall–Kier alpha value is -3.60. The summed E-state index contributed by atoms with van der Waals surface area (Å²) in [4.78, 5) is 26.7. The number of benzene rings is 2. The van der Waals surface area contributed by atoms with Gasteiger partial charge in [-0.3, -0.25) is 4.79 Å². The van der Waals surface area contributed by atoms with Crippen LogP contribution in [0.15, 0.2) is 42.5 Å². The molecule has 0 radical (unpaired) electrons. The second-order valence-corrected chi connectivity index (χ2v) is 8.48. The Morgan fingerprint density at radius 3 is 2.64 bits per heavy atom. The standard InChI is InChI=1S/C22H21F2N5O3S/c1-32-16-7-5-15(6-8-16)25-19(30)21-28-27-20(33-21)13-3-2-10-29(12-13)22(31)26-18-9-4-14(23)11-17(18)24/h4-9,11,13H,2-3,10,12H2,1H3,(H,25,30)(H,26,31). The number of nitrogens with zero attached hydrogens (tertiary/aromatic N) is 3. The lowest BCUT2D eigenvalue weighted by Crippen LogP contribution is -2.41. The predicted octanol–water partition coefficient (Wildman–Crippen LogP) is 4.49. The number of nitrogens with one attached hydrogen (secondary N) is 2. The lowest BCUT2D eigenvalue weighted by atomic mass is 9.99. The van der Waals surface area contributed by atoms with Gasteiger partial charge in [0.25, 0.3) is 5.91 Å². The largest absolute Gasteiger partial charge is 0.497 e. The highest BCUT2D eigenvalue weighted by Gasteiger charge is 2.28. The molecule has 2 N–H and O–H groups in total. The number of urea groups is 1. The Labute approximate surface area is 192 Å². The molecule has 2 aromatic carbocycles. The van der Waals surface area contributed by atoms with Crippen molar-refractivity contribution in [2.45, 2.75) is 18.8 Å². The van der Waals surface area contributed by atoms with Crippen molar-refractivity contribution in [1.29, 1.82) is 0 Å². The maximum absolute atomic E-state index is 13.9. The van der Waals surface area contributed by atoms with Crippen LogP contribution in [-0.4, -0.2) is 47.2 Å². The molecule has 0 spiro atoms. The van der Waals surface area contributed by atoms with Crippen molar-refractivity contribution in [1.82, 2.24) is 15.1 Å². The third kappa shape index (κ3) is 5.43. The number of amides is 3. The van der Waals surface area contributed by atoms with Crippen molar-refractivity contribution in [3.8, 4) is 5.75 Å². The molecule has 1 saturated heterocycles. The minimum Gasteiger partial charge on any atom is -0.497 e. The van der Waals surface area contributed by atoms with Crippen LogP contribution in [0.25, 0.3) is 0 Å². The van der Waals surface area contributed by atoms with E-state index < -0.39 is 17.7 Å². The Morgan fingerprint density at radius 2 is 1.91 bits per heavy atom. The molecule has 0 bridgehead atoms. The fourth-order valence-corrected chi connectivity index (χ4v) is 4.36.